The average molecular weight is 299 g/mol. The van der Waals surface area contributed by atoms with Crippen LogP contribution in [0.5, 0.6) is 0 Å². The lowest BCUT2D eigenvalue weighted by atomic mass is 10.0. The lowest BCUT2D eigenvalue weighted by Crippen LogP contribution is -2.45. The summed E-state index contributed by atoms with van der Waals surface area (Å²) in [6.45, 7) is -0.494. The molecular formula is C16H17N3O3. The number of nitrogens with two attached hydrogens (primary N) is 2. The van der Waals surface area contributed by atoms with Crippen molar-refractivity contribution in [2.45, 2.75) is 12.8 Å². The van der Waals surface area contributed by atoms with E-state index in [0.717, 1.165) is 16.3 Å². The van der Waals surface area contributed by atoms with Crippen molar-refractivity contribution < 1.29 is 14.4 Å². The monoisotopic (exact) mass is 299 g/mol. The van der Waals surface area contributed by atoms with Gasteiger partial charge in [0, 0.05) is 6.42 Å². The SMILES string of the molecule is NC(=O)CN(C(N)=O)C(=O)CCc1ccc2ccccc2c1. The molecule has 114 valence electrons. The van der Waals surface area contributed by atoms with Crippen LogP contribution in [0.4, 0.5) is 4.79 Å². The van der Waals surface area contributed by atoms with Crippen molar-refractivity contribution in [3.8, 4) is 0 Å². The summed E-state index contributed by atoms with van der Waals surface area (Å²) in [7, 11) is 0. The number of carbonyl (C=O) groups excluding carboxylic acids is 3. The van der Waals surface area contributed by atoms with Gasteiger partial charge in [0.25, 0.3) is 0 Å². The summed E-state index contributed by atoms with van der Waals surface area (Å²) in [5, 5.41) is 2.20. The minimum atomic E-state index is -0.970. The number of benzene rings is 2. The first-order chi connectivity index (χ1) is 10.5. The number of rotatable bonds is 5. The molecule has 0 saturated heterocycles. The summed E-state index contributed by atoms with van der Waals surface area (Å²) in [5.41, 5.74) is 11.1. The van der Waals surface area contributed by atoms with Gasteiger partial charge in [-0.05, 0) is 22.8 Å². The maximum Gasteiger partial charge on any atom is 0.321 e. The Morgan fingerprint density at radius 2 is 1.64 bits per heavy atom. The molecular weight excluding hydrogens is 282 g/mol. The molecule has 0 atom stereocenters. The fourth-order valence-electron chi connectivity index (χ4n) is 2.23. The third-order valence-corrected chi connectivity index (χ3v) is 3.32. The maximum absolute atomic E-state index is 12.0. The molecule has 0 radical (unpaired) electrons. The van der Waals surface area contributed by atoms with Gasteiger partial charge in [-0.1, -0.05) is 42.5 Å². The van der Waals surface area contributed by atoms with Gasteiger partial charge in [0.15, 0.2) is 0 Å². The number of fused-ring (bicyclic) bond motifs is 1. The lowest BCUT2D eigenvalue weighted by Gasteiger charge is -2.16. The molecule has 0 aliphatic heterocycles. The Morgan fingerprint density at radius 1 is 0.955 bits per heavy atom. The van der Waals surface area contributed by atoms with E-state index in [1.807, 2.05) is 42.5 Å². The van der Waals surface area contributed by atoms with E-state index in [1.165, 1.54) is 0 Å². The zero-order valence-corrected chi connectivity index (χ0v) is 12.0. The molecule has 4 N–H and O–H groups in total. The van der Waals surface area contributed by atoms with Gasteiger partial charge in [-0.15, -0.1) is 0 Å². The second kappa shape index (κ2) is 6.71. The highest BCUT2D eigenvalue weighted by Crippen LogP contribution is 2.16. The number of primary amides is 2. The number of hydrogen-bond acceptors (Lipinski definition) is 3. The first kappa shape index (κ1) is 15.5. The average Bonchev–Trinajstić information content (AvgIpc) is 2.49. The highest BCUT2D eigenvalue weighted by Gasteiger charge is 2.20. The van der Waals surface area contributed by atoms with E-state index in [2.05, 4.69) is 0 Å². The van der Waals surface area contributed by atoms with Gasteiger partial charge in [-0.2, -0.15) is 0 Å². The van der Waals surface area contributed by atoms with Crippen LogP contribution in [-0.2, 0) is 16.0 Å². The number of amides is 4. The van der Waals surface area contributed by atoms with Crippen LogP contribution in [-0.4, -0.2) is 29.3 Å². The standard InChI is InChI=1S/C16H17N3O3/c17-14(20)10-19(16(18)22)15(21)8-6-11-5-7-12-3-1-2-4-13(12)9-11/h1-5,7,9H,6,8,10H2,(H2,17,20)(H2,18,22). The van der Waals surface area contributed by atoms with E-state index in [9.17, 15) is 14.4 Å². The smallest absolute Gasteiger partial charge is 0.321 e. The Labute approximate surface area is 127 Å². The topological polar surface area (TPSA) is 106 Å². The Morgan fingerprint density at radius 3 is 2.27 bits per heavy atom. The fourth-order valence-corrected chi connectivity index (χ4v) is 2.23. The van der Waals surface area contributed by atoms with Crippen LogP contribution in [0.2, 0.25) is 0 Å². The number of carbonyl (C=O) groups is 3. The Balaban J connectivity index is 2.05. The van der Waals surface area contributed by atoms with Crippen molar-refractivity contribution in [3.63, 3.8) is 0 Å². The highest BCUT2D eigenvalue weighted by atomic mass is 16.2. The molecule has 6 nitrogen and oxygen atoms in total. The molecule has 0 saturated carbocycles. The third kappa shape index (κ3) is 3.82. The van der Waals surface area contributed by atoms with Gasteiger partial charge in [0.2, 0.25) is 11.8 Å². The van der Waals surface area contributed by atoms with Crippen molar-refractivity contribution in [2.75, 3.05) is 6.54 Å². The minimum absolute atomic E-state index is 0.0779. The second-order valence-electron chi connectivity index (χ2n) is 4.97. The van der Waals surface area contributed by atoms with E-state index >= 15 is 0 Å². The van der Waals surface area contributed by atoms with E-state index in [4.69, 9.17) is 11.5 Å². The summed E-state index contributed by atoms with van der Waals surface area (Å²) in [4.78, 5) is 34.7. The number of aryl methyl sites for hydroxylation is 1. The van der Waals surface area contributed by atoms with Gasteiger partial charge in [-0.25, -0.2) is 4.79 Å². The number of urea groups is 1. The number of hydrogen-bond donors (Lipinski definition) is 2. The van der Waals surface area contributed by atoms with Crippen molar-refractivity contribution in [1.82, 2.24) is 4.90 Å². The largest absolute Gasteiger partial charge is 0.368 e. The van der Waals surface area contributed by atoms with Crippen LogP contribution in [0.1, 0.15) is 12.0 Å². The molecule has 0 aliphatic carbocycles. The molecule has 2 aromatic rings. The molecule has 4 amide bonds. The first-order valence-electron chi connectivity index (χ1n) is 6.83. The van der Waals surface area contributed by atoms with E-state index in [1.54, 1.807) is 0 Å². The highest BCUT2D eigenvalue weighted by molar-refractivity contribution is 5.97. The summed E-state index contributed by atoms with van der Waals surface area (Å²) < 4.78 is 0. The van der Waals surface area contributed by atoms with Crippen LogP contribution in [0.25, 0.3) is 10.8 Å². The summed E-state index contributed by atoms with van der Waals surface area (Å²) >= 11 is 0. The molecule has 0 aliphatic rings. The predicted octanol–water partition coefficient (Wildman–Crippen LogP) is 1.17. The van der Waals surface area contributed by atoms with Gasteiger partial charge < -0.3 is 11.5 Å². The van der Waals surface area contributed by atoms with E-state index < -0.39 is 24.4 Å². The fraction of sp³-hybridized carbons (Fsp3) is 0.188. The van der Waals surface area contributed by atoms with Crippen molar-refractivity contribution in [1.29, 1.82) is 0 Å². The number of imide groups is 1. The zero-order chi connectivity index (χ0) is 16.1. The molecule has 0 spiro atoms. The van der Waals surface area contributed by atoms with Gasteiger partial charge in [0.05, 0.1) is 0 Å². The van der Waals surface area contributed by atoms with Crippen LogP contribution in [0.15, 0.2) is 42.5 Å². The molecule has 2 aromatic carbocycles. The molecule has 22 heavy (non-hydrogen) atoms. The van der Waals surface area contributed by atoms with E-state index in [0.29, 0.717) is 11.3 Å². The van der Waals surface area contributed by atoms with Crippen LogP contribution >= 0.6 is 0 Å². The maximum atomic E-state index is 12.0. The van der Waals surface area contributed by atoms with Gasteiger partial charge in [0.1, 0.15) is 6.54 Å². The van der Waals surface area contributed by atoms with Crippen molar-refractivity contribution >= 4 is 28.6 Å². The molecule has 0 unspecified atom stereocenters. The van der Waals surface area contributed by atoms with E-state index in [-0.39, 0.29) is 6.42 Å². The van der Waals surface area contributed by atoms with Crippen LogP contribution < -0.4 is 11.5 Å². The predicted molar refractivity (Wildman–Crippen MR) is 82.8 cm³/mol. The Bertz CT molecular complexity index is 727. The normalized spacial score (nSPS) is 10.4. The van der Waals surface area contributed by atoms with Crippen molar-refractivity contribution in [2.24, 2.45) is 11.5 Å². The van der Waals surface area contributed by atoms with Gasteiger partial charge in [-0.3, -0.25) is 14.5 Å². The second-order valence-corrected chi connectivity index (χ2v) is 4.97. The van der Waals surface area contributed by atoms with Crippen LogP contribution in [0, 0.1) is 0 Å². The quantitative estimate of drug-likeness (QED) is 0.865. The van der Waals surface area contributed by atoms with Crippen LogP contribution in [0.3, 0.4) is 0 Å². The van der Waals surface area contributed by atoms with Gasteiger partial charge >= 0.3 is 6.03 Å². The summed E-state index contributed by atoms with van der Waals surface area (Å²) in [6.07, 6.45) is 0.529. The number of nitrogens with zero attached hydrogens (tertiary/aromatic N) is 1. The molecule has 2 rings (SSSR count). The zero-order valence-electron chi connectivity index (χ0n) is 12.0. The Kier molecular flexibility index (Phi) is 4.73. The Hall–Kier alpha value is -2.89. The molecule has 0 heterocycles. The molecule has 0 aromatic heterocycles. The first-order valence-corrected chi connectivity index (χ1v) is 6.83. The molecule has 6 heteroatoms. The molecule has 0 fully saturated rings. The summed E-state index contributed by atoms with van der Waals surface area (Å²) in [6, 6.07) is 12.8. The minimum Gasteiger partial charge on any atom is -0.368 e. The molecule has 0 bridgehead atoms. The van der Waals surface area contributed by atoms with Crippen molar-refractivity contribution in [3.05, 3.63) is 48.0 Å². The summed E-state index contributed by atoms with van der Waals surface area (Å²) in [5.74, 6) is -1.29. The third-order valence-electron chi connectivity index (χ3n) is 3.32. The lowest BCUT2D eigenvalue weighted by molar-refractivity contribution is -0.132.